The average molecular weight is 426 g/mol. The lowest BCUT2D eigenvalue weighted by atomic mass is 9.64. The number of hydrogen-bond donors (Lipinski definition) is 1. The Kier molecular flexibility index (Phi) is 5.20. The van der Waals surface area contributed by atoms with Crippen molar-refractivity contribution in [3.05, 3.63) is 17.4 Å². The second kappa shape index (κ2) is 7.89. The molecule has 0 amide bonds. The van der Waals surface area contributed by atoms with Crippen LogP contribution in [0.4, 0.5) is 5.82 Å². The lowest BCUT2D eigenvalue weighted by Crippen LogP contribution is -2.41. The summed E-state index contributed by atoms with van der Waals surface area (Å²) in [4.78, 5) is 24.3. The minimum atomic E-state index is -0.516. The summed E-state index contributed by atoms with van der Waals surface area (Å²) in [6.07, 6.45) is 8.32. The predicted octanol–water partition coefficient (Wildman–Crippen LogP) is 3.29. The molecule has 0 bridgehead atoms. The summed E-state index contributed by atoms with van der Waals surface area (Å²) in [5, 5.41) is 4.33. The van der Waals surface area contributed by atoms with E-state index in [1.165, 1.54) is 6.42 Å². The van der Waals surface area contributed by atoms with E-state index in [-0.39, 0.29) is 11.9 Å². The zero-order valence-corrected chi connectivity index (χ0v) is 18.4. The number of likely N-dealkylation sites (tertiary alicyclic amines) is 1. The van der Waals surface area contributed by atoms with Crippen molar-refractivity contribution in [2.75, 3.05) is 19.3 Å². The number of anilines is 1. The van der Waals surface area contributed by atoms with Gasteiger partial charge in [0.2, 0.25) is 5.88 Å². The number of carbonyl (C=O) groups is 1. The molecule has 166 valence electrons. The molecule has 2 aromatic heterocycles. The third-order valence-electron chi connectivity index (χ3n) is 7.40. The maximum absolute atomic E-state index is 12.9. The molecule has 1 saturated carbocycles. The van der Waals surface area contributed by atoms with Gasteiger partial charge in [0.1, 0.15) is 17.7 Å². The van der Waals surface area contributed by atoms with Crippen molar-refractivity contribution in [3.63, 3.8) is 0 Å². The van der Waals surface area contributed by atoms with Gasteiger partial charge in [0.15, 0.2) is 17.3 Å². The number of ether oxygens (including phenoxy) is 1. The molecular weight excluding hydrogens is 394 g/mol. The molecule has 2 aromatic rings. The van der Waals surface area contributed by atoms with Crippen molar-refractivity contribution >= 4 is 11.6 Å². The number of fused-ring (bicyclic) bond motifs is 2. The molecule has 0 aromatic carbocycles. The Hall–Kier alpha value is -2.48. The van der Waals surface area contributed by atoms with Crippen molar-refractivity contribution < 1.29 is 14.1 Å². The van der Waals surface area contributed by atoms with Gasteiger partial charge in [-0.1, -0.05) is 11.6 Å². The van der Waals surface area contributed by atoms with Gasteiger partial charge in [-0.15, -0.1) is 0 Å². The monoisotopic (exact) mass is 425 g/mol. The molecule has 0 unspecified atom stereocenters. The largest absolute Gasteiger partial charge is 0.473 e. The summed E-state index contributed by atoms with van der Waals surface area (Å²) in [6, 6.07) is 2.02. The molecule has 1 aliphatic heterocycles. The van der Waals surface area contributed by atoms with Crippen molar-refractivity contribution in [3.8, 4) is 17.4 Å². The zero-order valence-electron chi connectivity index (χ0n) is 18.4. The van der Waals surface area contributed by atoms with Gasteiger partial charge < -0.3 is 15.0 Å². The van der Waals surface area contributed by atoms with E-state index in [4.69, 9.17) is 15.0 Å². The van der Waals surface area contributed by atoms with Crippen molar-refractivity contribution in [2.45, 2.75) is 82.3 Å². The molecular formula is C23H31N5O3. The minimum Gasteiger partial charge on any atom is -0.473 e. The molecule has 1 saturated heterocycles. The van der Waals surface area contributed by atoms with E-state index < -0.39 is 5.41 Å². The molecule has 2 aliphatic carbocycles. The van der Waals surface area contributed by atoms with Crippen LogP contribution in [-0.2, 0) is 16.6 Å². The summed E-state index contributed by atoms with van der Waals surface area (Å²) >= 11 is 0. The topological polar surface area (TPSA) is 107 Å². The number of likely N-dealkylation sites (N-methyl/N-ethyl adjacent to an activating group) is 1. The van der Waals surface area contributed by atoms with Gasteiger partial charge in [-0.3, -0.25) is 9.69 Å². The molecule has 3 atom stereocenters. The van der Waals surface area contributed by atoms with Crippen molar-refractivity contribution in [1.29, 1.82) is 0 Å². The molecule has 3 heterocycles. The number of ketones is 1. The van der Waals surface area contributed by atoms with E-state index in [9.17, 15) is 4.79 Å². The van der Waals surface area contributed by atoms with E-state index in [0.717, 1.165) is 62.8 Å². The van der Waals surface area contributed by atoms with Crippen molar-refractivity contribution in [2.24, 2.45) is 0 Å². The fourth-order valence-electron chi connectivity index (χ4n) is 5.78. The van der Waals surface area contributed by atoms with Gasteiger partial charge in [-0.2, -0.15) is 4.98 Å². The van der Waals surface area contributed by atoms with Gasteiger partial charge >= 0.3 is 0 Å². The maximum atomic E-state index is 12.9. The first-order valence-electron chi connectivity index (χ1n) is 11.5. The van der Waals surface area contributed by atoms with Crippen LogP contribution < -0.4 is 10.5 Å². The van der Waals surface area contributed by atoms with E-state index in [2.05, 4.69) is 34.0 Å². The molecule has 3 aliphatic rings. The Morgan fingerprint density at radius 3 is 2.84 bits per heavy atom. The number of carbonyl (C=O) groups excluding carboxylic acids is 1. The first-order valence-corrected chi connectivity index (χ1v) is 11.5. The Labute approximate surface area is 182 Å². The number of Topliss-reactive ketones (excluding diaryl/α,β-unsaturated/α-hetero) is 1. The van der Waals surface area contributed by atoms with Crippen molar-refractivity contribution in [1.82, 2.24) is 20.0 Å². The predicted molar refractivity (Wildman–Crippen MR) is 116 cm³/mol. The van der Waals surface area contributed by atoms with Gasteiger partial charge in [-0.25, -0.2) is 4.98 Å². The SMILES string of the molecule is C[C@H](Oc1cc(N)nc(-c2noc3c2CCC[C@@]32CCCCC2=O)n1)[C@@H]1CCCN1C. The molecule has 8 heteroatoms. The lowest BCUT2D eigenvalue weighted by Gasteiger charge is -2.36. The summed E-state index contributed by atoms with van der Waals surface area (Å²) in [7, 11) is 2.13. The first-order chi connectivity index (χ1) is 15.0. The quantitative estimate of drug-likeness (QED) is 0.795. The second-order valence-electron chi connectivity index (χ2n) is 9.37. The molecule has 5 rings (SSSR count). The summed E-state index contributed by atoms with van der Waals surface area (Å²) in [5.41, 5.74) is 7.14. The highest BCUT2D eigenvalue weighted by Gasteiger charge is 2.48. The highest BCUT2D eigenvalue weighted by molar-refractivity contribution is 5.91. The van der Waals surface area contributed by atoms with Crippen LogP contribution in [0.15, 0.2) is 10.6 Å². The fourth-order valence-corrected chi connectivity index (χ4v) is 5.78. The van der Waals surface area contributed by atoms with Crippen LogP contribution in [0.25, 0.3) is 11.5 Å². The van der Waals surface area contributed by atoms with E-state index >= 15 is 0 Å². The van der Waals surface area contributed by atoms with Gasteiger partial charge in [-0.05, 0) is 65.5 Å². The number of rotatable bonds is 4. The number of nitrogen functional groups attached to an aromatic ring is 1. The Balaban J connectivity index is 1.46. The van der Waals surface area contributed by atoms with Crippen LogP contribution in [0.1, 0.15) is 69.6 Å². The van der Waals surface area contributed by atoms with Gasteiger partial charge in [0.25, 0.3) is 0 Å². The van der Waals surface area contributed by atoms with Crippen LogP contribution in [0.2, 0.25) is 0 Å². The standard InChI is InChI=1S/C23H31N5O3/c1-14(16-8-6-12-28(16)2)30-19-13-18(24)25-22(26-19)20-15-7-5-11-23(21(15)31-27-20)10-4-3-9-17(23)29/h13-14,16H,3-12H2,1-2H3,(H2,24,25,26)/t14-,16-,23+/m0/s1. The van der Waals surface area contributed by atoms with Gasteiger partial charge in [0, 0.05) is 24.1 Å². The van der Waals surface area contributed by atoms with Crippen LogP contribution >= 0.6 is 0 Å². The van der Waals surface area contributed by atoms with Crippen LogP contribution in [0, 0.1) is 0 Å². The number of hydrogen-bond acceptors (Lipinski definition) is 8. The summed E-state index contributed by atoms with van der Waals surface area (Å²) < 4.78 is 12.0. The molecule has 2 fully saturated rings. The molecule has 0 radical (unpaired) electrons. The first kappa shape index (κ1) is 20.4. The summed E-state index contributed by atoms with van der Waals surface area (Å²) in [5.74, 6) is 2.21. The number of nitrogens with zero attached hydrogens (tertiary/aromatic N) is 4. The van der Waals surface area contributed by atoms with Gasteiger partial charge in [0.05, 0.1) is 5.41 Å². The smallest absolute Gasteiger partial charge is 0.219 e. The van der Waals surface area contributed by atoms with E-state index in [0.29, 0.717) is 35.7 Å². The highest BCUT2D eigenvalue weighted by Crippen LogP contribution is 2.47. The average Bonchev–Trinajstić information content (AvgIpc) is 3.37. The number of nitrogens with two attached hydrogens (primary N) is 1. The number of aromatic nitrogens is 3. The maximum Gasteiger partial charge on any atom is 0.219 e. The lowest BCUT2D eigenvalue weighted by molar-refractivity contribution is -0.128. The normalized spacial score (nSPS) is 27.4. The van der Waals surface area contributed by atoms with Crippen LogP contribution in [-0.4, -0.2) is 51.5 Å². The Morgan fingerprint density at radius 2 is 2.06 bits per heavy atom. The molecule has 1 spiro atoms. The van der Waals surface area contributed by atoms with Crippen LogP contribution in [0.3, 0.4) is 0 Å². The summed E-state index contributed by atoms with van der Waals surface area (Å²) in [6.45, 7) is 3.15. The third kappa shape index (κ3) is 3.50. The highest BCUT2D eigenvalue weighted by atomic mass is 16.5. The molecule has 2 N–H and O–H groups in total. The van der Waals surface area contributed by atoms with E-state index in [1.54, 1.807) is 6.07 Å². The molecule has 31 heavy (non-hydrogen) atoms. The third-order valence-corrected chi connectivity index (χ3v) is 7.40. The fraction of sp³-hybridized carbons (Fsp3) is 0.652. The second-order valence-corrected chi connectivity index (χ2v) is 9.37. The Morgan fingerprint density at radius 1 is 1.23 bits per heavy atom. The zero-order chi connectivity index (χ0) is 21.6. The Bertz CT molecular complexity index is 990. The van der Waals surface area contributed by atoms with E-state index in [1.807, 2.05) is 0 Å². The van der Waals surface area contributed by atoms with Crippen LogP contribution in [0.5, 0.6) is 5.88 Å². The molecule has 8 nitrogen and oxygen atoms in total. The minimum absolute atomic E-state index is 0.0102.